The molecule has 1 aromatic rings. The molecule has 2 N–H and O–H groups in total. The van der Waals surface area contributed by atoms with Crippen LogP contribution >= 0.6 is 24.0 Å². The summed E-state index contributed by atoms with van der Waals surface area (Å²) in [6, 6.07) is 5.71. The molecule has 0 spiro atoms. The number of halogens is 4. The summed E-state index contributed by atoms with van der Waals surface area (Å²) in [7, 11) is 3.29. The van der Waals surface area contributed by atoms with Gasteiger partial charge in [-0.1, -0.05) is 18.2 Å². The normalized spacial score (nSPS) is 17.4. The van der Waals surface area contributed by atoms with Crippen LogP contribution in [0.25, 0.3) is 0 Å². The number of nitrogens with one attached hydrogen (secondary N) is 2. The first kappa shape index (κ1) is 22.0. The highest BCUT2D eigenvalue weighted by Crippen LogP contribution is 2.48. The Morgan fingerprint density at radius 3 is 2.56 bits per heavy atom. The maximum Gasteiger partial charge on any atom is 0.416 e. The SMILES string of the molecule is CN=C(NCC1(c2cccc(C(F)(F)F)c2)CC1)NC(C)COC.I. The van der Waals surface area contributed by atoms with Crippen LogP contribution in [0, 0.1) is 0 Å². The number of hydrogen-bond acceptors (Lipinski definition) is 2. The molecule has 1 atom stereocenters. The Bertz CT molecular complexity index is 589. The molecule has 0 saturated heterocycles. The summed E-state index contributed by atoms with van der Waals surface area (Å²) < 4.78 is 43.8. The predicted molar refractivity (Wildman–Crippen MR) is 104 cm³/mol. The van der Waals surface area contributed by atoms with E-state index in [1.165, 1.54) is 12.1 Å². The molecular weight excluding hydrogens is 446 g/mol. The lowest BCUT2D eigenvalue weighted by molar-refractivity contribution is -0.137. The zero-order valence-electron chi connectivity index (χ0n) is 14.6. The average molecular weight is 471 g/mol. The summed E-state index contributed by atoms with van der Waals surface area (Å²) in [5, 5.41) is 6.41. The van der Waals surface area contributed by atoms with Gasteiger partial charge in [0, 0.05) is 32.2 Å². The lowest BCUT2D eigenvalue weighted by atomic mass is 9.94. The van der Waals surface area contributed by atoms with Crippen molar-refractivity contribution >= 4 is 29.9 Å². The van der Waals surface area contributed by atoms with Crippen LogP contribution in [0.5, 0.6) is 0 Å². The highest BCUT2D eigenvalue weighted by Gasteiger charge is 2.45. The molecule has 0 amide bonds. The number of methoxy groups -OCH3 is 1. The van der Waals surface area contributed by atoms with Crippen LogP contribution in [0.1, 0.15) is 30.9 Å². The summed E-state index contributed by atoms with van der Waals surface area (Å²) in [5.74, 6) is 0.623. The summed E-state index contributed by atoms with van der Waals surface area (Å²) in [4.78, 5) is 4.15. The third-order valence-corrected chi connectivity index (χ3v) is 4.27. The van der Waals surface area contributed by atoms with E-state index in [1.54, 1.807) is 20.2 Å². The standard InChI is InChI=1S/C17H24F3N3O.HI/c1-12(10-24-3)23-15(21-2)22-11-16(7-8-16)13-5-4-6-14(9-13)17(18,19)20;/h4-6,9,12H,7-8,10-11H2,1-3H3,(H2,21,22,23);1H. The number of rotatable bonds is 6. The molecule has 4 nitrogen and oxygen atoms in total. The third-order valence-electron chi connectivity index (χ3n) is 4.27. The second-order valence-electron chi connectivity index (χ2n) is 6.29. The molecule has 1 aliphatic carbocycles. The van der Waals surface area contributed by atoms with E-state index in [-0.39, 0.29) is 35.4 Å². The highest BCUT2D eigenvalue weighted by atomic mass is 127. The second-order valence-corrected chi connectivity index (χ2v) is 6.29. The van der Waals surface area contributed by atoms with Gasteiger partial charge in [0.15, 0.2) is 5.96 Å². The lowest BCUT2D eigenvalue weighted by Crippen LogP contribution is -2.46. The molecule has 1 aliphatic rings. The molecule has 1 saturated carbocycles. The molecule has 25 heavy (non-hydrogen) atoms. The molecule has 1 aromatic carbocycles. The number of ether oxygens (including phenoxy) is 1. The van der Waals surface area contributed by atoms with E-state index in [2.05, 4.69) is 15.6 Å². The van der Waals surface area contributed by atoms with Gasteiger partial charge in [0.05, 0.1) is 12.2 Å². The van der Waals surface area contributed by atoms with E-state index in [0.717, 1.165) is 24.5 Å². The van der Waals surface area contributed by atoms with Gasteiger partial charge in [-0.2, -0.15) is 13.2 Å². The van der Waals surface area contributed by atoms with Gasteiger partial charge in [0.25, 0.3) is 0 Å². The molecule has 8 heteroatoms. The van der Waals surface area contributed by atoms with Crippen LogP contribution in [-0.2, 0) is 16.3 Å². The maximum absolute atomic E-state index is 12.9. The van der Waals surface area contributed by atoms with E-state index in [1.807, 2.05) is 6.92 Å². The van der Waals surface area contributed by atoms with Gasteiger partial charge in [-0.25, -0.2) is 0 Å². The van der Waals surface area contributed by atoms with Gasteiger partial charge < -0.3 is 15.4 Å². The molecule has 2 rings (SSSR count). The number of aliphatic imine (C=N–C) groups is 1. The summed E-state index contributed by atoms with van der Waals surface area (Å²) in [6.45, 7) is 3.06. The summed E-state index contributed by atoms with van der Waals surface area (Å²) in [6.07, 6.45) is -2.58. The van der Waals surface area contributed by atoms with Gasteiger partial charge in [-0.15, -0.1) is 24.0 Å². The maximum atomic E-state index is 12.9. The monoisotopic (exact) mass is 471 g/mol. The Hall–Kier alpha value is -1.03. The van der Waals surface area contributed by atoms with E-state index >= 15 is 0 Å². The van der Waals surface area contributed by atoms with Crippen molar-refractivity contribution in [3.63, 3.8) is 0 Å². The largest absolute Gasteiger partial charge is 0.416 e. The Kier molecular flexibility index (Phi) is 7.98. The fourth-order valence-corrected chi connectivity index (χ4v) is 2.72. The van der Waals surface area contributed by atoms with E-state index in [0.29, 0.717) is 19.1 Å². The molecule has 1 unspecified atom stereocenters. The average Bonchev–Trinajstić information content (AvgIpc) is 3.32. The first-order chi connectivity index (χ1) is 11.3. The van der Waals surface area contributed by atoms with Crippen molar-refractivity contribution in [3.05, 3.63) is 35.4 Å². The van der Waals surface area contributed by atoms with Gasteiger partial charge in [0.2, 0.25) is 0 Å². The highest BCUT2D eigenvalue weighted by molar-refractivity contribution is 14.0. The van der Waals surface area contributed by atoms with Crippen molar-refractivity contribution in [2.24, 2.45) is 4.99 Å². The molecule has 0 heterocycles. The van der Waals surface area contributed by atoms with Crippen LogP contribution in [0.15, 0.2) is 29.3 Å². The van der Waals surface area contributed by atoms with Crippen molar-refractivity contribution in [1.82, 2.24) is 10.6 Å². The van der Waals surface area contributed by atoms with Crippen molar-refractivity contribution in [1.29, 1.82) is 0 Å². The summed E-state index contributed by atoms with van der Waals surface area (Å²) >= 11 is 0. The minimum atomic E-state index is -4.31. The second kappa shape index (κ2) is 9.07. The van der Waals surface area contributed by atoms with Gasteiger partial charge in [0.1, 0.15) is 0 Å². The van der Waals surface area contributed by atoms with Crippen molar-refractivity contribution in [2.45, 2.75) is 37.4 Å². The Labute approximate surface area is 163 Å². The van der Waals surface area contributed by atoms with Gasteiger partial charge in [-0.05, 0) is 31.4 Å². The molecule has 142 valence electrons. The molecule has 0 aliphatic heterocycles. The topological polar surface area (TPSA) is 45.7 Å². The fourth-order valence-electron chi connectivity index (χ4n) is 2.72. The molecule has 0 radical (unpaired) electrons. The molecule has 0 aromatic heterocycles. The number of hydrogen-bond donors (Lipinski definition) is 2. The molecule has 0 bridgehead atoms. The van der Waals surface area contributed by atoms with E-state index in [9.17, 15) is 13.2 Å². The number of nitrogens with zero attached hydrogens (tertiary/aromatic N) is 1. The smallest absolute Gasteiger partial charge is 0.383 e. The Balaban J connectivity index is 0.00000312. The van der Waals surface area contributed by atoms with E-state index in [4.69, 9.17) is 4.74 Å². The Morgan fingerprint density at radius 1 is 1.36 bits per heavy atom. The first-order valence-electron chi connectivity index (χ1n) is 7.94. The molecular formula is C17H25F3IN3O. The van der Waals surface area contributed by atoms with Gasteiger partial charge >= 0.3 is 6.18 Å². The van der Waals surface area contributed by atoms with Crippen LogP contribution in [0.3, 0.4) is 0 Å². The predicted octanol–water partition coefficient (Wildman–Crippen LogP) is 3.55. The first-order valence-corrected chi connectivity index (χ1v) is 7.94. The van der Waals surface area contributed by atoms with Crippen LogP contribution in [-0.4, -0.2) is 39.3 Å². The van der Waals surface area contributed by atoms with Crippen LogP contribution in [0.4, 0.5) is 13.2 Å². The lowest BCUT2D eigenvalue weighted by Gasteiger charge is -2.22. The van der Waals surface area contributed by atoms with Crippen LogP contribution < -0.4 is 10.6 Å². The Morgan fingerprint density at radius 2 is 2.04 bits per heavy atom. The summed E-state index contributed by atoms with van der Waals surface area (Å²) in [5.41, 5.74) is -0.115. The fraction of sp³-hybridized carbons (Fsp3) is 0.588. The van der Waals surface area contributed by atoms with E-state index < -0.39 is 11.7 Å². The zero-order chi connectivity index (χ0) is 17.8. The van der Waals surface area contributed by atoms with Crippen molar-refractivity contribution in [3.8, 4) is 0 Å². The quantitative estimate of drug-likeness (QED) is 0.379. The minimum absolute atomic E-state index is 0. The third kappa shape index (κ3) is 6.02. The zero-order valence-corrected chi connectivity index (χ0v) is 16.9. The van der Waals surface area contributed by atoms with Crippen molar-refractivity contribution < 1.29 is 17.9 Å². The van der Waals surface area contributed by atoms with Crippen LogP contribution in [0.2, 0.25) is 0 Å². The van der Waals surface area contributed by atoms with Crippen molar-refractivity contribution in [2.75, 3.05) is 27.3 Å². The minimum Gasteiger partial charge on any atom is -0.383 e. The number of benzene rings is 1. The number of guanidine groups is 1. The number of alkyl halides is 3. The van der Waals surface area contributed by atoms with Gasteiger partial charge in [-0.3, -0.25) is 4.99 Å². The molecule has 1 fully saturated rings.